The first-order valence-corrected chi connectivity index (χ1v) is 44.3. The van der Waals surface area contributed by atoms with E-state index >= 15 is 4.79 Å². The fourth-order valence-corrected chi connectivity index (χ4v) is 16.4. The van der Waals surface area contributed by atoms with E-state index in [4.69, 9.17) is 94.3 Å². The van der Waals surface area contributed by atoms with Crippen LogP contribution in [0.4, 0.5) is 0 Å². The summed E-state index contributed by atoms with van der Waals surface area (Å²) in [5.41, 5.74) is -0.755. The van der Waals surface area contributed by atoms with Gasteiger partial charge in [0, 0.05) is 127 Å². The Bertz CT molecular complexity index is 3850. The largest absolute Gasteiger partial charge is 0.463 e. The van der Waals surface area contributed by atoms with Crippen molar-refractivity contribution in [2.45, 2.75) is 265 Å². The van der Waals surface area contributed by atoms with Crippen LogP contribution in [0.15, 0.2) is 24.3 Å². The van der Waals surface area contributed by atoms with E-state index in [1.165, 1.54) is 32.6 Å². The van der Waals surface area contributed by atoms with E-state index in [2.05, 4.69) is 75.7 Å². The van der Waals surface area contributed by atoms with Crippen molar-refractivity contribution in [1.29, 1.82) is 5.26 Å². The van der Waals surface area contributed by atoms with Crippen LogP contribution < -0.4 is 37.2 Å². The Morgan fingerprint density at radius 2 is 0.954 bits per heavy atom. The van der Waals surface area contributed by atoms with Crippen LogP contribution in [-0.2, 0) is 179 Å². The van der Waals surface area contributed by atoms with Gasteiger partial charge in [-0.15, -0.1) is 0 Å². The minimum absolute atomic E-state index is 0.0972. The lowest BCUT2D eigenvalue weighted by Gasteiger charge is -2.48. The lowest BCUT2D eigenvalue weighted by molar-refractivity contribution is -0.282. The SMILES string of the molecule is CCOC1C(NC(C)=O)C(OCCOCCNC(=O)C(Cc2ccc(CNC(=O)C3CCC(OP(OCCC#N)N(C(C)C)C(C)C)CC3)cc2)N(CC(=O)NCCOCCOC2OC(COC(C)=O)C(OC(C)=O)C(OC(C)=O)C2NC(C)=O)CC(=O)NCCOCCOC2(NC(C)=O)COC(COC(C)=O)C(OC(C)=O)C2OC(C)=O)OC(COC(C)=O)C1OC(C)=O. The van der Waals surface area contributed by atoms with Crippen LogP contribution in [0.1, 0.15) is 154 Å². The highest BCUT2D eigenvalue weighted by Crippen LogP contribution is 2.49. The zero-order valence-corrected chi connectivity index (χ0v) is 77.8. The molecule has 1 saturated carbocycles. The van der Waals surface area contributed by atoms with Crippen LogP contribution in [-0.4, -0.2) is 340 Å². The predicted octanol–water partition coefficient (Wildman–Crippen LogP) is 0.259. The van der Waals surface area contributed by atoms with Crippen LogP contribution in [0.3, 0.4) is 0 Å². The van der Waals surface area contributed by atoms with Crippen LogP contribution in [0.2, 0.25) is 0 Å². The molecule has 732 valence electrons. The molecule has 1 aliphatic carbocycles. The zero-order chi connectivity index (χ0) is 96.2. The number of carbonyl (C=O) groups is 15. The minimum atomic E-state index is -2.00. The number of nitrogens with zero attached hydrogens (tertiary/aromatic N) is 3. The summed E-state index contributed by atoms with van der Waals surface area (Å²) < 4.78 is 118. The Labute approximate surface area is 757 Å². The smallest absolute Gasteiger partial charge is 0.303 e. The lowest BCUT2D eigenvalue weighted by Crippen LogP contribution is -2.72. The molecule has 0 bridgehead atoms. The van der Waals surface area contributed by atoms with E-state index < -0.39 is 216 Å². The maximum atomic E-state index is 15.0. The molecule has 0 radical (unpaired) electrons. The molecular formula is C84H131N10O35P. The molecule has 1 aromatic carbocycles. The molecule has 45 nitrogen and oxygen atoms in total. The van der Waals surface area contributed by atoms with Gasteiger partial charge in [-0.25, -0.2) is 4.67 Å². The Kier molecular flexibility index (Phi) is 50.0. The number of ether oxygens (including phenoxy) is 18. The number of nitriles is 1. The van der Waals surface area contributed by atoms with Crippen LogP contribution in [0.25, 0.3) is 0 Å². The topological polar surface area (TPSA) is 555 Å². The van der Waals surface area contributed by atoms with Crippen molar-refractivity contribution in [2.24, 2.45) is 5.92 Å². The quantitative estimate of drug-likeness (QED) is 0.0151. The fraction of sp³-hybridized carbons (Fsp3) is 0.738. The Morgan fingerprint density at radius 3 is 1.42 bits per heavy atom. The van der Waals surface area contributed by atoms with Gasteiger partial charge >= 0.3 is 47.8 Å². The summed E-state index contributed by atoms with van der Waals surface area (Å²) in [6.07, 6.45) is -12.0. The van der Waals surface area contributed by atoms with Gasteiger partial charge in [-0.2, -0.15) is 5.26 Å². The third-order valence-corrected chi connectivity index (χ3v) is 22.0. The van der Waals surface area contributed by atoms with E-state index in [0.29, 0.717) is 36.8 Å². The second kappa shape index (κ2) is 58.5. The summed E-state index contributed by atoms with van der Waals surface area (Å²) in [7, 11) is -1.48. The third kappa shape index (κ3) is 40.0. The number of benzene rings is 1. The van der Waals surface area contributed by atoms with Gasteiger partial charge in [-0.1, -0.05) is 24.3 Å². The normalized spacial score (nSPS) is 24.1. The van der Waals surface area contributed by atoms with Crippen LogP contribution in [0, 0.1) is 17.2 Å². The highest BCUT2D eigenvalue weighted by molar-refractivity contribution is 7.44. The molecule has 130 heavy (non-hydrogen) atoms. The van der Waals surface area contributed by atoms with Gasteiger partial charge in [0.2, 0.25) is 47.1 Å². The van der Waals surface area contributed by atoms with Gasteiger partial charge in [0.05, 0.1) is 110 Å². The summed E-state index contributed by atoms with van der Waals surface area (Å²) in [6.45, 7) is 17.5. The average Bonchev–Trinajstić information content (AvgIpc) is 0.768. The number of rotatable bonds is 56. The summed E-state index contributed by atoms with van der Waals surface area (Å²) in [5.74, 6) is -10.4. The van der Waals surface area contributed by atoms with Gasteiger partial charge in [-0.3, -0.25) is 76.8 Å². The summed E-state index contributed by atoms with van der Waals surface area (Å²) in [4.78, 5) is 195. The van der Waals surface area contributed by atoms with E-state index in [0.717, 1.165) is 48.5 Å². The number of carbonyl (C=O) groups excluding carboxylic acids is 15. The van der Waals surface area contributed by atoms with E-state index in [1.807, 2.05) is 0 Å². The Balaban J connectivity index is 1.40. The van der Waals surface area contributed by atoms with Gasteiger partial charge in [-0.05, 0) is 77.8 Å². The Morgan fingerprint density at radius 1 is 0.500 bits per heavy atom. The molecule has 16 unspecified atom stereocenters. The molecule has 5 rings (SSSR count). The van der Waals surface area contributed by atoms with E-state index in [-0.39, 0.29) is 148 Å². The monoisotopic (exact) mass is 1870 g/mol. The highest BCUT2D eigenvalue weighted by Gasteiger charge is 2.58. The molecule has 3 heterocycles. The first-order valence-electron chi connectivity index (χ1n) is 43.1. The molecule has 3 saturated heterocycles. The van der Waals surface area contributed by atoms with Crippen molar-refractivity contribution >= 4 is 97.6 Å². The molecule has 7 N–H and O–H groups in total. The molecule has 46 heteroatoms. The van der Waals surface area contributed by atoms with Gasteiger partial charge in [0.25, 0.3) is 8.53 Å². The van der Waals surface area contributed by atoms with Crippen LogP contribution >= 0.6 is 8.53 Å². The number of amides is 7. The highest BCUT2D eigenvalue weighted by atomic mass is 31.2. The molecule has 4 aliphatic rings. The maximum absolute atomic E-state index is 15.0. The van der Waals surface area contributed by atoms with Gasteiger partial charge in [0.15, 0.2) is 43.1 Å². The Hall–Kier alpha value is -9.37. The molecule has 0 spiro atoms. The minimum Gasteiger partial charge on any atom is -0.463 e. The molecule has 0 aromatic heterocycles. The summed E-state index contributed by atoms with van der Waals surface area (Å²) in [6, 6.07) is 5.66. The van der Waals surface area contributed by atoms with Crippen LogP contribution in [0.5, 0.6) is 0 Å². The van der Waals surface area contributed by atoms with Crippen molar-refractivity contribution in [3.05, 3.63) is 35.4 Å². The molecule has 3 aliphatic heterocycles. The molecule has 4 fully saturated rings. The van der Waals surface area contributed by atoms with Crippen molar-refractivity contribution < 1.29 is 166 Å². The molecule has 7 amide bonds. The molecule has 1 aromatic rings. The van der Waals surface area contributed by atoms with Crippen molar-refractivity contribution in [3.63, 3.8) is 0 Å². The van der Waals surface area contributed by atoms with Gasteiger partial charge in [0.1, 0.15) is 56.3 Å². The number of hydrogen-bond acceptors (Lipinski definition) is 38. The number of esters is 8. The maximum Gasteiger partial charge on any atom is 0.303 e. The first kappa shape index (κ1) is 111. The first-order chi connectivity index (χ1) is 61.7. The standard InChI is InChI=1S/C84H131N10O35P/c1-17-113-77-72(90-51(6)95)82(127-68(46-117-55(10)99)74(77)122-57(12)101)114-38-36-111-34-30-88-81(109)66(41-62-19-21-63(22-20-62)42-89-80(108)64-23-25-65(26-24-64)129-130(121-31-18-27-85)94(49(2)3)50(4)5)93(43-70(106)86-28-32-110-35-39-115-83-73(91-52(7)96)78(125-60(15)104)75(123-58(13)102)69(128-83)47-118-56(11)100)44-71(107)87-29-33-112-37-40-120-84(92-53(8)97)48-119-67(45-116-54(9)98)76(124-59(14)103)79(84)126-61(16)105/h19-22,49-50,64-69,72-79,82-83H,17-18,23-26,28-48H2,1-16H3,(H,86,106)(H,87,107)(H,88,109)(H,89,108)(H,90,95)(H,91,96)(H,92,97). The third-order valence-electron chi connectivity index (χ3n) is 19.9. The predicted molar refractivity (Wildman–Crippen MR) is 451 cm³/mol. The van der Waals surface area contributed by atoms with E-state index in [1.54, 1.807) is 31.2 Å². The number of hydrogen-bond donors (Lipinski definition) is 7. The molecular weight excluding hydrogens is 1740 g/mol. The zero-order valence-electron chi connectivity index (χ0n) is 76.9. The second-order valence-corrected chi connectivity index (χ2v) is 32.7. The van der Waals surface area contributed by atoms with Crippen molar-refractivity contribution in [1.82, 2.24) is 46.8 Å². The van der Waals surface area contributed by atoms with Crippen molar-refractivity contribution in [2.75, 3.05) is 132 Å². The average molecular weight is 1870 g/mol. The molecule has 16 atom stereocenters. The second-order valence-electron chi connectivity index (χ2n) is 31.3. The van der Waals surface area contributed by atoms with Gasteiger partial charge < -0.3 is 132 Å². The van der Waals surface area contributed by atoms with Crippen molar-refractivity contribution in [3.8, 4) is 6.07 Å². The lowest BCUT2D eigenvalue weighted by atomic mass is 9.87. The summed E-state index contributed by atoms with van der Waals surface area (Å²) in [5, 5.41) is 28.6. The summed E-state index contributed by atoms with van der Waals surface area (Å²) >= 11 is 0. The number of nitrogens with one attached hydrogen (secondary N) is 7. The fourth-order valence-electron chi connectivity index (χ4n) is 14.6. The van der Waals surface area contributed by atoms with E-state index in [9.17, 15) is 72.4 Å².